The molecular weight excluding hydrogens is 336 g/mol. The normalized spacial score (nSPS) is 10.7. The van der Waals surface area contributed by atoms with Gasteiger partial charge in [0.25, 0.3) is 0 Å². The lowest BCUT2D eigenvalue weighted by Crippen LogP contribution is -1.98. The van der Waals surface area contributed by atoms with E-state index in [0.717, 1.165) is 16.1 Å². The van der Waals surface area contributed by atoms with Gasteiger partial charge >= 0.3 is 0 Å². The predicted molar refractivity (Wildman–Crippen MR) is 91.1 cm³/mol. The molecule has 0 bridgehead atoms. The first-order valence-electron chi connectivity index (χ1n) is 6.91. The van der Waals surface area contributed by atoms with Crippen LogP contribution in [0, 0.1) is 0 Å². The first-order chi connectivity index (χ1) is 11.2. The largest absolute Gasteiger partial charge is 0.496 e. The number of benzene rings is 1. The van der Waals surface area contributed by atoms with E-state index in [1.807, 2.05) is 24.3 Å². The molecule has 1 aromatic carbocycles. The molecule has 5 nitrogen and oxygen atoms in total. The molecule has 3 aromatic rings. The van der Waals surface area contributed by atoms with Gasteiger partial charge in [0.2, 0.25) is 0 Å². The van der Waals surface area contributed by atoms with Crippen molar-refractivity contribution in [2.24, 2.45) is 0 Å². The van der Waals surface area contributed by atoms with Crippen molar-refractivity contribution < 1.29 is 14.3 Å². The molecule has 2 aromatic heterocycles. The van der Waals surface area contributed by atoms with E-state index in [0.29, 0.717) is 28.3 Å². The van der Waals surface area contributed by atoms with Crippen molar-refractivity contribution in [3.63, 3.8) is 0 Å². The van der Waals surface area contributed by atoms with E-state index in [9.17, 15) is 0 Å². The van der Waals surface area contributed by atoms with Gasteiger partial charge in [0.15, 0.2) is 4.47 Å². The number of rotatable bonds is 6. The molecule has 120 valence electrons. The van der Waals surface area contributed by atoms with Crippen LogP contribution in [0.3, 0.4) is 0 Å². The van der Waals surface area contributed by atoms with E-state index in [4.69, 9.17) is 25.9 Å². The van der Waals surface area contributed by atoms with Crippen molar-refractivity contribution in [2.75, 3.05) is 12.4 Å². The van der Waals surface area contributed by atoms with Gasteiger partial charge in [-0.15, -0.1) is 11.3 Å². The SMILES string of the molecule is COc1cc(NCc2cnc(Cl)s2)ccc1-c1ccc(CO)o1. The highest BCUT2D eigenvalue weighted by Gasteiger charge is 2.11. The van der Waals surface area contributed by atoms with E-state index in [2.05, 4.69) is 10.3 Å². The second kappa shape index (κ2) is 7.04. The average Bonchev–Trinajstić information content (AvgIpc) is 3.21. The van der Waals surface area contributed by atoms with Crippen LogP contribution in [0.5, 0.6) is 5.75 Å². The summed E-state index contributed by atoms with van der Waals surface area (Å²) in [5, 5.41) is 12.4. The van der Waals surface area contributed by atoms with Gasteiger partial charge < -0.3 is 19.6 Å². The van der Waals surface area contributed by atoms with Crippen molar-refractivity contribution in [3.8, 4) is 17.1 Å². The molecule has 0 amide bonds. The molecule has 2 N–H and O–H groups in total. The fourth-order valence-corrected chi connectivity index (χ4v) is 3.08. The van der Waals surface area contributed by atoms with Crippen LogP contribution in [0.2, 0.25) is 4.47 Å². The van der Waals surface area contributed by atoms with E-state index in [1.54, 1.807) is 19.4 Å². The minimum atomic E-state index is -0.126. The van der Waals surface area contributed by atoms with Crippen LogP contribution in [0.25, 0.3) is 11.3 Å². The molecule has 2 heterocycles. The molecule has 0 aliphatic carbocycles. The number of anilines is 1. The van der Waals surface area contributed by atoms with Crippen molar-refractivity contribution >= 4 is 28.6 Å². The maximum Gasteiger partial charge on any atom is 0.183 e. The van der Waals surface area contributed by atoms with E-state index < -0.39 is 0 Å². The van der Waals surface area contributed by atoms with Crippen LogP contribution < -0.4 is 10.1 Å². The number of methoxy groups -OCH3 is 1. The number of aromatic nitrogens is 1. The Kier molecular flexibility index (Phi) is 4.85. The third-order valence-corrected chi connectivity index (χ3v) is 4.39. The van der Waals surface area contributed by atoms with Crippen LogP contribution in [-0.2, 0) is 13.2 Å². The monoisotopic (exact) mass is 350 g/mol. The third kappa shape index (κ3) is 3.67. The maximum absolute atomic E-state index is 9.10. The molecule has 0 radical (unpaired) electrons. The molecule has 0 fully saturated rings. The molecule has 0 saturated heterocycles. The number of aliphatic hydroxyl groups is 1. The van der Waals surface area contributed by atoms with Gasteiger partial charge in [0.05, 0.1) is 19.2 Å². The van der Waals surface area contributed by atoms with E-state index >= 15 is 0 Å². The number of nitrogens with zero attached hydrogens (tertiary/aromatic N) is 1. The van der Waals surface area contributed by atoms with Crippen LogP contribution in [-0.4, -0.2) is 17.2 Å². The number of ether oxygens (including phenoxy) is 1. The summed E-state index contributed by atoms with van der Waals surface area (Å²) in [5.41, 5.74) is 1.75. The summed E-state index contributed by atoms with van der Waals surface area (Å²) in [4.78, 5) is 5.07. The molecule has 23 heavy (non-hydrogen) atoms. The second-order valence-corrected chi connectivity index (χ2v) is 6.47. The molecule has 0 saturated carbocycles. The van der Waals surface area contributed by atoms with Crippen molar-refractivity contribution in [1.29, 1.82) is 0 Å². The Balaban J connectivity index is 1.78. The second-order valence-electron chi connectivity index (χ2n) is 4.77. The Bertz CT molecular complexity index is 800. The summed E-state index contributed by atoms with van der Waals surface area (Å²) >= 11 is 7.27. The summed E-state index contributed by atoms with van der Waals surface area (Å²) in [7, 11) is 1.61. The topological polar surface area (TPSA) is 67.5 Å². The van der Waals surface area contributed by atoms with Gasteiger partial charge in [-0.3, -0.25) is 0 Å². The highest BCUT2D eigenvalue weighted by molar-refractivity contribution is 7.15. The molecule has 7 heteroatoms. The quantitative estimate of drug-likeness (QED) is 0.698. The number of halogens is 1. The van der Waals surface area contributed by atoms with Crippen LogP contribution in [0.1, 0.15) is 10.6 Å². The zero-order valence-electron chi connectivity index (χ0n) is 12.4. The van der Waals surface area contributed by atoms with E-state index in [1.165, 1.54) is 11.3 Å². The molecule has 0 spiro atoms. The third-order valence-electron chi connectivity index (χ3n) is 3.28. The van der Waals surface area contributed by atoms with Crippen LogP contribution in [0.4, 0.5) is 5.69 Å². The van der Waals surface area contributed by atoms with Crippen molar-refractivity contribution in [2.45, 2.75) is 13.2 Å². The molecule has 3 rings (SSSR count). The van der Waals surface area contributed by atoms with Gasteiger partial charge in [0.1, 0.15) is 23.9 Å². The summed E-state index contributed by atoms with van der Waals surface area (Å²) in [6, 6.07) is 9.33. The standard InChI is InChI=1S/C16H15ClN2O3S/c1-21-15-6-10(18-7-12-8-19-16(17)23-12)2-4-13(15)14-5-3-11(9-20)22-14/h2-6,8,18,20H,7,9H2,1H3. The number of hydrogen-bond donors (Lipinski definition) is 2. The summed E-state index contributed by atoms with van der Waals surface area (Å²) in [6.45, 7) is 0.516. The first-order valence-corrected chi connectivity index (χ1v) is 8.11. The molecular formula is C16H15ClN2O3S. The van der Waals surface area contributed by atoms with Crippen molar-refractivity contribution in [3.05, 3.63) is 51.6 Å². The summed E-state index contributed by atoms with van der Waals surface area (Å²) < 4.78 is 11.5. The summed E-state index contributed by atoms with van der Waals surface area (Å²) in [6.07, 6.45) is 1.75. The molecule has 0 unspecified atom stereocenters. The molecule has 0 aliphatic heterocycles. The van der Waals surface area contributed by atoms with Gasteiger partial charge in [-0.2, -0.15) is 0 Å². The first kappa shape index (κ1) is 15.9. The lowest BCUT2D eigenvalue weighted by Gasteiger charge is -2.10. The predicted octanol–water partition coefficient (Wildman–Crippen LogP) is 4.17. The van der Waals surface area contributed by atoms with Gasteiger partial charge in [-0.25, -0.2) is 4.98 Å². The van der Waals surface area contributed by atoms with Crippen molar-refractivity contribution in [1.82, 2.24) is 4.98 Å². The van der Waals surface area contributed by atoms with Gasteiger partial charge in [-0.05, 0) is 24.3 Å². The summed E-state index contributed by atoms with van der Waals surface area (Å²) in [5.74, 6) is 1.87. The lowest BCUT2D eigenvalue weighted by molar-refractivity contribution is 0.248. The Labute approximate surface area is 142 Å². The zero-order valence-corrected chi connectivity index (χ0v) is 13.9. The fraction of sp³-hybridized carbons (Fsp3) is 0.188. The van der Waals surface area contributed by atoms with Gasteiger partial charge in [0, 0.05) is 22.8 Å². The fourth-order valence-electron chi connectivity index (χ4n) is 2.17. The highest BCUT2D eigenvalue weighted by Crippen LogP contribution is 2.34. The minimum absolute atomic E-state index is 0.126. The highest BCUT2D eigenvalue weighted by atomic mass is 35.5. The minimum Gasteiger partial charge on any atom is -0.496 e. The Morgan fingerprint density at radius 1 is 1.35 bits per heavy atom. The Morgan fingerprint density at radius 3 is 2.87 bits per heavy atom. The zero-order chi connectivity index (χ0) is 16.2. The maximum atomic E-state index is 9.10. The molecule has 0 aliphatic rings. The van der Waals surface area contributed by atoms with Crippen LogP contribution >= 0.6 is 22.9 Å². The average molecular weight is 351 g/mol. The van der Waals surface area contributed by atoms with E-state index in [-0.39, 0.29) is 6.61 Å². The number of aliphatic hydroxyl groups excluding tert-OH is 1. The number of nitrogens with one attached hydrogen (secondary N) is 1. The smallest absolute Gasteiger partial charge is 0.183 e. The number of hydrogen-bond acceptors (Lipinski definition) is 6. The number of furan rings is 1. The van der Waals surface area contributed by atoms with Crippen LogP contribution in [0.15, 0.2) is 40.9 Å². The van der Waals surface area contributed by atoms with Gasteiger partial charge in [-0.1, -0.05) is 11.6 Å². The Hall–Kier alpha value is -2.02. The Morgan fingerprint density at radius 2 is 2.22 bits per heavy atom. The lowest BCUT2D eigenvalue weighted by atomic mass is 10.1. The molecule has 0 atom stereocenters. The number of thiazole rings is 1.